The Balaban J connectivity index is 2.06. The summed E-state index contributed by atoms with van der Waals surface area (Å²) in [5.74, 6) is 2.10. The maximum Gasteiger partial charge on any atom is 0.317 e. The van der Waals surface area contributed by atoms with Crippen LogP contribution in [0, 0.1) is 12.8 Å². The molecular formula is C26H34N4O3. The number of hydrogen-bond donors (Lipinski definition) is 1. The number of aromatic nitrogens is 2. The van der Waals surface area contributed by atoms with Crippen molar-refractivity contribution in [3.05, 3.63) is 65.9 Å². The average Bonchev–Trinajstić information content (AvgIpc) is 3.12. The smallest absolute Gasteiger partial charge is 0.317 e. The third-order valence-electron chi connectivity index (χ3n) is 5.16. The number of aryl methyl sites for hydroxylation is 1. The lowest BCUT2D eigenvalue weighted by Crippen LogP contribution is -2.41. The number of carbonyl (C=O) groups is 1. The van der Waals surface area contributed by atoms with Crippen molar-refractivity contribution < 1.29 is 14.3 Å². The lowest BCUT2D eigenvalue weighted by molar-refractivity contribution is 0.187. The third kappa shape index (κ3) is 6.06. The monoisotopic (exact) mass is 450 g/mol. The first-order valence-corrected chi connectivity index (χ1v) is 11.4. The first kappa shape index (κ1) is 24.2. The Morgan fingerprint density at radius 2 is 1.76 bits per heavy atom. The van der Waals surface area contributed by atoms with Gasteiger partial charge in [-0.1, -0.05) is 51.1 Å². The Labute approximate surface area is 196 Å². The SMILES string of the molecule is CCCNC(=O)N(Cc1c(C)nn(-c2ccccc2)c1Oc1ccccc1OC)CC(C)C. The van der Waals surface area contributed by atoms with Crippen LogP contribution in [0.15, 0.2) is 54.6 Å². The molecule has 7 heteroatoms. The van der Waals surface area contributed by atoms with E-state index in [0.717, 1.165) is 23.4 Å². The number of amides is 2. The van der Waals surface area contributed by atoms with Crippen LogP contribution in [0.2, 0.25) is 0 Å². The van der Waals surface area contributed by atoms with Crippen molar-refractivity contribution in [2.45, 2.75) is 40.7 Å². The van der Waals surface area contributed by atoms with E-state index in [1.807, 2.05) is 73.3 Å². The Hall–Kier alpha value is -3.48. The largest absolute Gasteiger partial charge is 0.493 e. The van der Waals surface area contributed by atoms with Gasteiger partial charge < -0.3 is 19.7 Å². The summed E-state index contributed by atoms with van der Waals surface area (Å²) in [5, 5.41) is 7.78. The molecule has 1 aromatic heterocycles. The maximum absolute atomic E-state index is 12.9. The van der Waals surface area contributed by atoms with Crippen LogP contribution in [0.5, 0.6) is 17.4 Å². The predicted molar refractivity (Wildman–Crippen MR) is 130 cm³/mol. The van der Waals surface area contributed by atoms with Crippen molar-refractivity contribution in [1.29, 1.82) is 0 Å². The second kappa shape index (κ2) is 11.4. The minimum atomic E-state index is -0.0827. The van der Waals surface area contributed by atoms with Crippen LogP contribution in [0.1, 0.15) is 38.4 Å². The first-order chi connectivity index (χ1) is 15.9. The van der Waals surface area contributed by atoms with Gasteiger partial charge in [-0.15, -0.1) is 0 Å². The van der Waals surface area contributed by atoms with E-state index in [2.05, 4.69) is 19.2 Å². The van der Waals surface area contributed by atoms with Crippen molar-refractivity contribution >= 4 is 6.03 Å². The van der Waals surface area contributed by atoms with Crippen LogP contribution in [0.25, 0.3) is 5.69 Å². The van der Waals surface area contributed by atoms with E-state index in [0.29, 0.717) is 42.9 Å². The molecule has 0 aliphatic heterocycles. The van der Waals surface area contributed by atoms with Crippen LogP contribution in [0.4, 0.5) is 4.79 Å². The minimum absolute atomic E-state index is 0.0827. The normalized spacial score (nSPS) is 10.8. The molecule has 0 spiro atoms. The van der Waals surface area contributed by atoms with Crippen molar-refractivity contribution in [1.82, 2.24) is 20.0 Å². The number of benzene rings is 2. The van der Waals surface area contributed by atoms with E-state index in [1.54, 1.807) is 11.8 Å². The zero-order valence-electron chi connectivity index (χ0n) is 20.2. The first-order valence-electron chi connectivity index (χ1n) is 11.4. The predicted octanol–water partition coefficient (Wildman–Crippen LogP) is 5.56. The summed E-state index contributed by atoms with van der Waals surface area (Å²) < 4.78 is 13.7. The summed E-state index contributed by atoms with van der Waals surface area (Å²) in [6.07, 6.45) is 0.883. The van der Waals surface area contributed by atoms with Crippen LogP contribution >= 0.6 is 0 Å². The Morgan fingerprint density at radius 1 is 1.09 bits per heavy atom. The van der Waals surface area contributed by atoms with Crippen LogP contribution in [-0.2, 0) is 6.54 Å². The number of ether oxygens (including phenoxy) is 2. The van der Waals surface area contributed by atoms with E-state index >= 15 is 0 Å². The van der Waals surface area contributed by atoms with Gasteiger partial charge in [0.1, 0.15) is 0 Å². The number of urea groups is 1. The summed E-state index contributed by atoms with van der Waals surface area (Å²) in [7, 11) is 1.62. The quantitative estimate of drug-likeness (QED) is 0.439. The molecule has 7 nitrogen and oxygen atoms in total. The zero-order valence-corrected chi connectivity index (χ0v) is 20.2. The highest BCUT2D eigenvalue weighted by atomic mass is 16.5. The van der Waals surface area contributed by atoms with Gasteiger partial charge in [-0.05, 0) is 43.5 Å². The fourth-order valence-corrected chi connectivity index (χ4v) is 3.57. The Bertz CT molecular complexity index is 1050. The second-order valence-electron chi connectivity index (χ2n) is 8.38. The van der Waals surface area contributed by atoms with Gasteiger partial charge in [0.25, 0.3) is 0 Å². The van der Waals surface area contributed by atoms with E-state index in [4.69, 9.17) is 14.6 Å². The van der Waals surface area contributed by atoms with E-state index in [9.17, 15) is 4.79 Å². The molecule has 0 aliphatic carbocycles. The van der Waals surface area contributed by atoms with E-state index < -0.39 is 0 Å². The van der Waals surface area contributed by atoms with Crippen molar-refractivity contribution in [2.24, 2.45) is 5.92 Å². The zero-order chi connectivity index (χ0) is 23.8. The molecule has 3 rings (SSSR count). The molecule has 0 aliphatic rings. The summed E-state index contributed by atoms with van der Waals surface area (Å²) in [5.41, 5.74) is 2.54. The van der Waals surface area contributed by atoms with Crippen molar-refractivity contribution in [2.75, 3.05) is 20.2 Å². The molecule has 0 fully saturated rings. The van der Waals surface area contributed by atoms with Gasteiger partial charge in [-0.2, -0.15) is 5.10 Å². The van der Waals surface area contributed by atoms with Crippen LogP contribution in [-0.4, -0.2) is 40.9 Å². The van der Waals surface area contributed by atoms with Crippen LogP contribution in [0.3, 0.4) is 0 Å². The number of nitrogens with one attached hydrogen (secondary N) is 1. The van der Waals surface area contributed by atoms with Gasteiger partial charge in [-0.3, -0.25) is 0 Å². The summed E-state index contributed by atoms with van der Waals surface area (Å²) in [6, 6.07) is 17.3. The molecule has 0 unspecified atom stereocenters. The van der Waals surface area contributed by atoms with Crippen LogP contribution < -0.4 is 14.8 Å². The molecule has 0 radical (unpaired) electrons. The minimum Gasteiger partial charge on any atom is -0.493 e. The third-order valence-corrected chi connectivity index (χ3v) is 5.16. The lowest BCUT2D eigenvalue weighted by Gasteiger charge is -2.25. The van der Waals surface area contributed by atoms with Gasteiger partial charge in [0, 0.05) is 13.1 Å². The fourth-order valence-electron chi connectivity index (χ4n) is 3.57. The summed E-state index contributed by atoms with van der Waals surface area (Å²) >= 11 is 0. The molecule has 0 saturated heterocycles. The van der Waals surface area contributed by atoms with Crippen molar-refractivity contribution in [3.63, 3.8) is 0 Å². The Kier molecular flexibility index (Phi) is 8.35. The number of nitrogens with zero attached hydrogens (tertiary/aromatic N) is 3. The van der Waals surface area contributed by atoms with E-state index in [-0.39, 0.29) is 6.03 Å². The maximum atomic E-state index is 12.9. The standard InChI is InChI=1S/C26H34N4O3/c1-6-16-27-26(31)29(17-19(2)3)18-22-20(4)28-30(21-12-8-7-9-13-21)25(22)33-24-15-11-10-14-23(24)32-5/h7-15,19H,6,16-18H2,1-5H3,(H,27,31). The molecular weight excluding hydrogens is 416 g/mol. The van der Waals surface area contributed by atoms with Gasteiger partial charge in [0.05, 0.1) is 30.6 Å². The molecule has 1 N–H and O–H groups in total. The fraction of sp³-hybridized carbons (Fsp3) is 0.385. The molecule has 0 atom stereocenters. The topological polar surface area (TPSA) is 68.6 Å². The highest BCUT2D eigenvalue weighted by Gasteiger charge is 2.24. The summed E-state index contributed by atoms with van der Waals surface area (Å²) in [6.45, 7) is 9.84. The summed E-state index contributed by atoms with van der Waals surface area (Å²) in [4.78, 5) is 14.8. The molecule has 1 heterocycles. The number of carbonyl (C=O) groups excluding carboxylic acids is 1. The van der Waals surface area contributed by atoms with Gasteiger partial charge in [-0.25, -0.2) is 9.48 Å². The molecule has 3 aromatic rings. The highest BCUT2D eigenvalue weighted by Crippen LogP contribution is 2.36. The number of rotatable bonds is 10. The molecule has 2 amide bonds. The average molecular weight is 451 g/mol. The Morgan fingerprint density at radius 3 is 2.39 bits per heavy atom. The number of methoxy groups -OCH3 is 1. The van der Waals surface area contributed by atoms with Gasteiger partial charge in [0.15, 0.2) is 11.5 Å². The molecule has 33 heavy (non-hydrogen) atoms. The number of hydrogen-bond acceptors (Lipinski definition) is 4. The molecule has 0 bridgehead atoms. The van der Waals surface area contributed by atoms with E-state index in [1.165, 1.54) is 0 Å². The lowest BCUT2D eigenvalue weighted by atomic mass is 10.1. The molecule has 2 aromatic carbocycles. The molecule has 176 valence electrons. The van der Waals surface area contributed by atoms with Gasteiger partial charge >= 0.3 is 6.03 Å². The van der Waals surface area contributed by atoms with Gasteiger partial charge in [0.2, 0.25) is 5.88 Å². The number of para-hydroxylation sites is 3. The highest BCUT2D eigenvalue weighted by molar-refractivity contribution is 5.74. The van der Waals surface area contributed by atoms with Crippen molar-refractivity contribution in [3.8, 4) is 23.1 Å². The second-order valence-corrected chi connectivity index (χ2v) is 8.38. The molecule has 0 saturated carbocycles.